The van der Waals surface area contributed by atoms with Gasteiger partial charge in [0.05, 0.1) is 16.6 Å². The molecular weight excluding hydrogens is 508 g/mol. The van der Waals surface area contributed by atoms with Crippen LogP contribution in [0.5, 0.6) is 0 Å². The summed E-state index contributed by atoms with van der Waals surface area (Å²) >= 11 is 7.12. The molecule has 13 heteroatoms. The standard InChI is InChI=1S/C23H29ClN6O5S/c1-12(23(34)35)4-6-15(27-19(31)20(32)29-18-7-5-14(24)10-25-18)13(2)26-21(33)22-28-16-8-9-30(3)11-17(16)36-22/h5,7,10,12-13,15H,4,6,8-9,11H2,1-3H3,(H,26,33)(H,27,31)(H,34,35)(H,25,29,32)/t12-,13-,15+/m1/s1. The van der Waals surface area contributed by atoms with E-state index < -0.39 is 35.8 Å². The van der Waals surface area contributed by atoms with Gasteiger partial charge in [0.1, 0.15) is 5.82 Å². The van der Waals surface area contributed by atoms with Gasteiger partial charge in [-0.3, -0.25) is 19.2 Å². The Morgan fingerprint density at radius 1 is 1.17 bits per heavy atom. The number of thiazole rings is 1. The molecule has 3 amide bonds. The summed E-state index contributed by atoms with van der Waals surface area (Å²) < 4.78 is 0. The summed E-state index contributed by atoms with van der Waals surface area (Å²) in [5.41, 5.74) is 0.920. The molecule has 1 aliphatic heterocycles. The number of pyridine rings is 1. The molecule has 11 nitrogen and oxygen atoms in total. The fourth-order valence-electron chi connectivity index (χ4n) is 3.65. The summed E-state index contributed by atoms with van der Waals surface area (Å²) in [7, 11) is 2.01. The first-order valence-electron chi connectivity index (χ1n) is 11.5. The molecule has 0 radical (unpaired) electrons. The second-order valence-corrected chi connectivity index (χ2v) is 10.4. The number of carboxylic acids is 1. The number of anilines is 1. The predicted octanol–water partition coefficient (Wildman–Crippen LogP) is 1.92. The number of hydrogen-bond acceptors (Lipinski definition) is 8. The maximum absolute atomic E-state index is 12.9. The highest BCUT2D eigenvalue weighted by Gasteiger charge is 2.28. The smallest absolute Gasteiger partial charge is 0.314 e. The van der Waals surface area contributed by atoms with Gasteiger partial charge < -0.3 is 26.0 Å². The molecule has 3 heterocycles. The third-order valence-corrected chi connectivity index (χ3v) is 7.21. The van der Waals surface area contributed by atoms with Crippen LogP contribution >= 0.6 is 22.9 Å². The molecular formula is C23H29ClN6O5S. The van der Waals surface area contributed by atoms with Crippen LogP contribution in [0.4, 0.5) is 5.82 Å². The van der Waals surface area contributed by atoms with Crippen molar-refractivity contribution in [1.29, 1.82) is 0 Å². The van der Waals surface area contributed by atoms with Gasteiger partial charge in [-0.2, -0.15) is 0 Å². The highest BCUT2D eigenvalue weighted by Crippen LogP contribution is 2.24. The van der Waals surface area contributed by atoms with E-state index in [0.717, 1.165) is 30.1 Å². The molecule has 194 valence electrons. The molecule has 3 atom stereocenters. The largest absolute Gasteiger partial charge is 0.481 e. The van der Waals surface area contributed by atoms with Crippen LogP contribution in [-0.2, 0) is 27.3 Å². The number of amides is 3. The molecule has 4 N–H and O–H groups in total. The Hall–Kier alpha value is -3.09. The van der Waals surface area contributed by atoms with Crippen LogP contribution < -0.4 is 16.0 Å². The number of carboxylic acid groups (broad SMARTS) is 1. The zero-order chi connectivity index (χ0) is 26.4. The van der Waals surface area contributed by atoms with Gasteiger partial charge >= 0.3 is 17.8 Å². The van der Waals surface area contributed by atoms with Gasteiger partial charge in [0, 0.05) is 42.7 Å². The maximum atomic E-state index is 12.9. The number of nitrogens with one attached hydrogen (secondary N) is 3. The Balaban J connectivity index is 1.66. The Labute approximate surface area is 217 Å². The zero-order valence-electron chi connectivity index (χ0n) is 20.2. The maximum Gasteiger partial charge on any atom is 0.314 e. The van der Waals surface area contributed by atoms with Gasteiger partial charge in [-0.15, -0.1) is 11.3 Å². The highest BCUT2D eigenvalue weighted by molar-refractivity contribution is 7.13. The number of carbonyl (C=O) groups is 4. The van der Waals surface area contributed by atoms with Crippen LogP contribution in [0.3, 0.4) is 0 Å². The van der Waals surface area contributed by atoms with Crippen LogP contribution in [0.2, 0.25) is 5.02 Å². The minimum atomic E-state index is -0.971. The third kappa shape index (κ3) is 7.45. The van der Waals surface area contributed by atoms with Crippen LogP contribution in [0.25, 0.3) is 0 Å². The van der Waals surface area contributed by atoms with E-state index >= 15 is 0 Å². The first-order chi connectivity index (χ1) is 17.0. The summed E-state index contributed by atoms with van der Waals surface area (Å²) in [4.78, 5) is 60.8. The molecule has 2 aromatic heterocycles. The number of aliphatic carboxylic acids is 1. The van der Waals surface area contributed by atoms with Crippen LogP contribution in [0.15, 0.2) is 18.3 Å². The summed E-state index contributed by atoms with van der Waals surface area (Å²) in [6.45, 7) is 4.85. The molecule has 0 bridgehead atoms. The average Bonchev–Trinajstić information content (AvgIpc) is 3.26. The van der Waals surface area contributed by atoms with E-state index in [0.29, 0.717) is 10.0 Å². The first-order valence-corrected chi connectivity index (χ1v) is 12.7. The van der Waals surface area contributed by atoms with Crippen molar-refractivity contribution in [3.05, 3.63) is 38.9 Å². The van der Waals surface area contributed by atoms with Gasteiger partial charge in [-0.25, -0.2) is 9.97 Å². The zero-order valence-corrected chi connectivity index (χ0v) is 21.8. The molecule has 0 aromatic carbocycles. The van der Waals surface area contributed by atoms with Crippen LogP contribution in [0, 0.1) is 5.92 Å². The Kier molecular flexibility index (Phi) is 9.35. The molecule has 2 aromatic rings. The van der Waals surface area contributed by atoms with E-state index in [1.165, 1.54) is 29.7 Å². The Morgan fingerprint density at radius 3 is 2.58 bits per heavy atom. The minimum absolute atomic E-state index is 0.148. The van der Waals surface area contributed by atoms with Crippen molar-refractivity contribution in [2.24, 2.45) is 5.92 Å². The van der Waals surface area contributed by atoms with Crippen molar-refractivity contribution in [1.82, 2.24) is 25.5 Å². The molecule has 0 saturated heterocycles. The Morgan fingerprint density at radius 2 is 1.92 bits per heavy atom. The highest BCUT2D eigenvalue weighted by atomic mass is 35.5. The van der Waals surface area contributed by atoms with Gasteiger partial charge in [-0.05, 0) is 38.9 Å². The summed E-state index contributed by atoms with van der Waals surface area (Å²) in [6.07, 6.45) is 2.57. The predicted molar refractivity (Wildman–Crippen MR) is 135 cm³/mol. The number of aromatic nitrogens is 2. The average molecular weight is 537 g/mol. The molecule has 0 aliphatic carbocycles. The quantitative estimate of drug-likeness (QED) is 0.354. The topological polar surface area (TPSA) is 154 Å². The van der Waals surface area contributed by atoms with Crippen molar-refractivity contribution in [2.45, 2.75) is 51.7 Å². The minimum Gasteiger partial charge on any atom is -0.481 e. The lowest BCUT2D eigenvalue weighted by atomic mass is 9.97. The molecule has 0 unspecified atom stereocenters. The van der Waals surface area contributed by atoms with Crippen LogP contribution in [0.1, 0.15) is 47.1 Å². The molecule has 0 saturated carbocycles. The fourth-order valence-corrected chi connectivity index (χ4v) is 4.85. The van der Waals surface area contributed by atoms with Crippen molar-refractivity contribution < 1.29 is 24.3 Å². The van der Waals surface area contributed by atoms with Gasteiger partial charge in [0.15, 0.2) is 5.01 Å². The van der Waals surface area contributed by atoms with E-state index in [1.807, 2.05) is 7.05 Å². The lowest BCUT2D eigenvalue weighted by Crippen LogP contribution is -2.52. The molecule has 0 spiro atoms. The normalized spacial score (nSPS) is 15.8. The number of likely N-dealkylation sites (N-methyl/N-ethyl adjacent to an activating group) is 1. The molecule has 3 rings (SSSR count). The second kappa shape index (κ2) is 12.2. The van der Waals surface area contributed by atoms with E-state index in [9.17, 15) is 24.3 Å². The van der Waals surface area contributed by atoms with Gasteiger partial charge in [-0.1, -0.05) is 18.5 Å². The van der Waals surface area contributed by atoms with Crippen molar-refractivity contribution in [3.8, 4) is 0 Å². The number of halogens is 1. The number of hydrogen-bond donors (Lipinski definition) is 4. The van der Waals surface area contributed by atoms with Crippen LogP contribution in [-0.4, -0.2) is 69.3 Å². The lowest BCUT2D eigenvalue weighted by molar-refractivity contribution is -0.141. The van der Waals surface area contributed by atoms with E-state index in [1.54, 1.807) is 13.8 Å². The lowest BCUT2D eigenvalue weighted by Gasteiger charge is -2.26. The summed E-state index contributed by atoms with van der Waals surface area (Å²) in [5, 5.41) is 17.8. The number of nitrogens with zero attached hydrogens (tertiary/aromatic N) is 3. The van der Waals surface area contributed by atoms with Crippen molar-refractivity contribution >= 4 is 52.4 Å². The Bertz CT molecular complexity index is 1120. The van der Waals surface area contributed by atoms with Gasteiger partial charge in [0.2, 0.25) is 0 Å². The summed E-state index contributed by atoms with van der Waals surface area (Å²) in [5.74, 6) is -3.76. The second-order valence-electron chi connectivity index (χ2n) is 8.85. The van der Waals surface area contributed by atoms with E-state index in [-0.39, 0.29) is 24.6 Å². The third-order valence-electron chi connectivity index (χ3n) is 5.90. The molecule has 1 aliphatic rings. The summed E-state index contributed by atoms with van der Waals surface area (Å²) in [6, 6.07) is 1.67. The van der Waals surface area contributed by atoms with Crippen molar-refractivity contribution in [3.63, 3.8) is 0 Å². The van der Waals surface area contributed by atoms with Crippen molar-refractivity contribution in [2.75, 3.05) is 18.9 Å². The number of carbonyl (C=O) groups excluding carboxylic acids is 3. The first kappa shape index (κ1) is 27.5. The number of rotatable bonds is 9. The fraction of sp³-hybridized carbons (Fsp3) is 0.478. The number of fused-ring (bicyclic) bond motifs is 1. The van der Waals surface area contributed by atoms with E-state index in [2.05, 4.69) is 30.8 Å². The molecule has 36 heavy (non-hydrogen) atoms. The monoisotopic (exact) mass is 536 g/mol. The van der Waals surface area contributed by atoms with E-state index in [4.69, 9.17) is 11.6 Å². The van der Waals surface area contributed by atoms with Gasteiger partial charge in [0.25, 0.3) is 5.91 Å². The SMILES string of the molecule is C[C@H](CC[C@H](NC(=O)C(=O)Nc1ccc(Cl)cn1)[C@@H](C)NC(=O)c1nc2c(s1)CN(C)CC2)C(=O)O. The molecule has 0 fully saturated rings.